The summed E-state index contributed by atoms with van der Waals surface area (Å²) < 4.78 is 0. The Balaban J connectivity index is 0.000000550. The number of para-hydroxylation sites is 1. The van der Waals surface area contributed by atoms with Gasteiger partial charge in [-0.1, -0.05) is 23.7 Å². The maximum Gasteiger partial charge on any atom is 0.432 e. The SMILES string of the molecule is Clc1nc(Cl)nc(Nc2ccccc2Cl)n1.OBO. The summed E-state index contributed by atoms with van der Waals surface area (Å²) in [5.74, 6) is 0.248. The minimum atomic E-state index is -0.750. The van der Waals surface area contributed by atoms with Crippen LogP contribution in [0.2, 0.25) is 15.6 Å². The van der Waals surface area contributed by atoms with E-state index in [1.165, 1.54) is 0 Å². The molecule has 0 saturated heterocycles. The minimum absolute atomic E-state index is 0.0227. The van der Waals surface area contributed by atoms with Crippen LogP contribution >= 0.6 is 34.8 Å². The largest absolute Gasteiger partial charge is 0.432 e. The fourth-order valence-electron chi connectivity index (χ4n) is 1.06. The van der Waals surface area contributed by atoms with Crippen LogP contribution in [0.15, 0.2) is 24.3 Å². The van der Waals surface area contributed by atoms with Crippen molar-refractivity contribution in [2.45, 2.75) is 0 Å². The molecule has 6 nitrogen and oxygen atoms in total. The molecule has 1 aromatic heterocycles. The van der Waals surface area contributed by atoms with Crippen LogP contribution in [0.5, 0.6) is 0 Å². The monoisotopic (exact) mass is 320 g/mol. The predicted molar refractivity (Wildman–Crippen MR) is 76.2 cm³/mol. The molecule has 0 amide bonds. The number of hydrogen-bond acceptors (Lipinski definition) is 6. The molecular formula is C9H8BCl3N4O2. The number of hydrogen-bond donors (Lipinski definition) is 3. The highest BCUT2D eigenvalue weighted by Gasteiger charge is 2.05. The van der Waals surface area contributed by atoms with E-state index in [0.717, 1.165) is 0 Å². The summed E-state index contributed by atoms with van der Waals surface area (Å²) in [6.45, 7) is 0. The Kier molecular flexibility index (Phi) is 6.83. The zero-order chi connectivity index (χ0) is 14.3. The van der Waals surface area contributed by atoms with Gasteiger partial charge in [-0.15, -0.1) is 0 Å². The van der Waals surface area contributed by atoms with Crippen LogP contribution in [0, 0.1) is 0 Å². The van der Waals surface area contributed by atoms with Crippen molar-refractivity contribution in [1.82, 2.24) is 15.0 Å². The molecule has 0 unspecified atom stereocenters. The van der Waals surface area contributed by atoms with Crippen LogP contribution in [-0.2, 0) is 0 Å². The molecule has 0 aliphatic carbocycles. The van der Waals surface area contributed by atoms with Crippen LogP contribution < -0.4 is 5.32 Å². The lowest BCUT2D eigenvalue weighted by Crippen LogP contribution is -1.99. The summed E-state index contributed by atoms with van der Waals surface area (Å²) in [5.41, 5.74) is 0.669. The molecule has 0 spiro atoms. The van der Waals surface area contributed by atoms with Crippen LogP contribution in [0.3, 0.4) is 0 Å². The second-order valence-corrected chi connectivity index (χ2v) is 4.03. The van der Waals surface area contributed by atoms with Crippen molar-refractivity contribution in [3.63, 3.8) is 0 Å². The van der Waals surface area contributed by atoms with E-state index in [-0.39, 0.29) is 16.5 Å². The van der Waals surface area contributed by atoms with Crippen LogP contribution in [0.25, 0.3) is 0 Å². The van der Waals surface area contributed by atoms with E-state index in [2.05, 4.69) is 20.3 Å². The lowest BCUT2D eigenvalue weighted by atomic mass is 10.3. The van der Waals surface area contributed by atoms with Gasteiger partial charge in [0.15, 0.2) is 0 Å². The standard InChI is InChI=1S/C9H5Cl3N4.BH3O2/c10-5-3-1-2-4-6(5)13-9-15-7(11)14-8(12)16-9;2-1-3/h1-4H,(H,13,14,15,16);1-3H. The molecular weight excluding hydrogens is 313 g/mol. The number of rotatable bonds is 2. The predicted octanol–water partition coefficient (Wildman–Crippen LogP) is 1.81. The average Bonchev–Trinajstić information content (AvgIpc) is 2.32. The van der Waals surface area contributed by atoms with Crippen molar-refractivity contribution in [2.75, 3.05) is 5.32 Å². The summed E-state index contributed by atoms with van der Waals surface area (Å²) in [6, 6.07) is 7.18. The number of anilines is 2. The maximum atomic E-state index is 7.12. The molecule has 100 valence electrons. The van der Waals surface area contributed by atoms with E-state index in [0.29, 0.717) is 10.7 Å². The van der Waals surface area contributed by atoms with Crippen LogP contribution in [-0.4, -0.2) is 32.7 Å². The van der Waals surface area contributed by atoms with Crippen molar-refractivity contribution < 1.29 is 10.0 Å². The second kappa shape index (κ2) is 8.14. The highest BCUT2D eigenvalue weighted by molar-refractivity contribution is 6.33. The molecule has 2 rings (SSSR count). The zero-order valence-electron chi connectivity index (χ0n) is 9.39. The zero-order valence-corrected chi connectivity index (χ0v) is 11.7. The average molecular weight is 321 g/mol. The Morgan fingerprint density at radius 2 is 1.47 bits per heavy atom. The lowest BCUT2D eigenvalue weighted by molar-refractivity contribution is 0.448. The molecule has 1 aromatic carbocycles. The van der Waals surface area contributed by atoms with Crippen LogP contribution in [0.1, 0.15) is 0 Å². The van der Waals surface area contributed by atoms with Crippen molar-refractivity contribution in [1.29, 1.82) is 0 Å². The van der Waals surface area contributed by atoms with E-state index >= 15 is 0 Å². The van der Waals surface area contributed by atoms with Gasteiger partial charge in [0.2, 0.25) is 16.5 Å². The molecule has 0 radical (unpaired) electrons. The molecule has 0 saturated carbocycles. The Bertz CT molecular complexity index is 526. The molecule has 0 bridgehead atoms. The molecule has 19 heavy (non-hydrogen) atoms. The maximum absolute atomic E-state index is 7.12. The first kappa shape index (κ1) is 15.9. The number of nitrogens with zero attached hydrogens (tertiary/aromatic N) is 3. The van der Waals surface area contributed by atoms with Gasteiger partial charge in [-0.3, -0.25) is 0 Å². The highest BCUT2D eigenvalue weighted by Crippen LogP contribution is 2.23. The molecule has 1 heterocycles. The van der Waals surface area contributed by atoms with Gasteiger partial charge in [-0.25, -0.2) is 0 Å². The Morgan fingerprint density at radius 3 is 2.00 bits per heavy atom. The van der Waals surface area contributed by atoms with E-state index in [9.17, 15) is 0 Å². The number of benzene rings is 1. The van der Waals surface area contributed by atoms with Crippen molar-refractivity contribution in [3.05, 3.63) is 39.9 Å². The fraction of sp³-hybridized carbons (Fsp3) is 0. The normalized spacial score (nSPS) is 9.32. The van der Waals surface area contributed by atoms with Gasteiger partial charge < -0.3 is 15.4 Å². The first-order chi connectivity index (χ1) is 9.06. The molecule has 0 aliphatic rings. The third kappa shape index (κ3) is 5.58. The van der Waals surface area contributed by atoms with E-state index in [4.69, 9.17) is 44.9 Å². The first-order valence-electron chi connectivity index (χ1n) is 4.87. The molecule has 10 heteroatoms. The number of halogens is 3. The topological polar surface area (TPSA) is 91.2 Å². The second-order valence-electron chi connectivity index (χ2n) is 2.94. The summed E-state index contributed by atoms with van der Waals surface area (Å²) in [7, 11) is -0.750. The lowest BCUT2D eigenvalue weighted by Gasteiger charge is -2.06. The number of nitrogens with one attached hydrogen (secondary N) is 1. The summed E-state index contributed by atoms with van der Waals surface area (Å²) in [5, 5.41) is 17.7. The van der Waals surface area contributed by atoms with Gasteiger partial charge >= 0.3 is 7.69 Å². The Labute approximate surface area is 124 Å². The van der Waals surface area contributed by atoms with Gasteiger partial charge in [-0.2, -0.15) is 15.0 Å². The van der Waals surface area contributed by atoms with Gasteiger partial charge in [0.1, 0.15) is 0 Å². The molecule has 3 N–H and O–H groups in total. The third-order valence-corrected chi connectivity index (χ3v) is 2.37. The summed E-state index contributed by atoms with van der Waals surface area (Å²) in [4.78, 5) is 11.4. The molecule has 0 fully saturated rings. The van der Waals surface area contributed by atoms with Crippen LogP contribution in [0.4, 0.5) is 11.6 Å². The van der Waals surface area contributed by atoms with E-state index in [1.807, 2.05) is 12.1 Å². The fourth-order valence-corrected chi connectivity index (χ4v) is 1.61. The third-order valence-electron chi connectivity index (χ3n) is 1.70. The summed E-state index contributed by atoms with van der Waals surface area (Å²) in [6.07, 6.45) is 0. The molecule has 0 atom stereocenters. The van der Waals surface area contributed by atoms with Gasteiger partial charge in [0.25, 0.3) is 0 Å². The summed E-state index contributed by atoms with van der Waals surface area (Å²) >= 11 is 17.2. The Hall–Kier alpha value is -1.12. The molecule has 2 aromatic rings. The first-order valence-corrected chi connectivity index (χ1v) is 6.00. The van der Waals surface area contributed by atoms with Crippen molar-refractivity contribution in [2.24, 2.45) is 0 Å². The Morgan fingerprint density at radius 1 is 0.947 bits per heavy atom. The molecule has 0 aliphatic heterocycles. The number of aromatic nitrogens is 3. The minimum Gasteiger partial charge on any atom is -0.430 e. The van der Waals surface area contributed by atoms with Gasteiger partial charge in [0, 0.05) is 0 Å². The van der Waals surface area contributed by atoms with Crippen molar-refractivity contribution in [3.8, 4) is 0 Å². The van der Waals surface area contributed by atoms with Gasteiger partial charge in [0.05, 0.1) is 10.7 Å². The van der Waals surface area contributed by atoms with E-state index < -0.39 is 7.69 Å². The quantitative estimate of drug-likeness (QED) is 0.731. The highest BCUT2D eigenvalue weighted by atomic mass is 35.5. The smallest absolute Gasteiger partial charge is 0.430 e. The van der Waals surface area contributed by atoms with E-state index in [1.54, 1.807) is 12.1 Å². The van der Waals surface area contributed by atoms with Crippen molar-refractivity contribution >= 4 is 54.1 Å². The van der Waals surface area contributed by atoms with Gasteiger partial charge in [-0.05, 0) is 35.3 Å².